The summed E-state index contributed by atoms with van der Waals surface area (Å²) in [5.74, 6) is 0. The van der Waals surface area contributed by atoms with E-state index in [4.69, 9.17) is 4.84 Å². The Labute approximate surface area is 74.5 Å². The molecule has 0 atom stereocenters. The first kappa shape index (κ1) is 9.17. The van der Waals surface area contributed by atoms with Crippen LogP contribution in [0, 0.1) is 5.41 Å². The molecule has 1 rings (SSSR count). The van der Waals surface area contributed by atoms with Gasteiger partial charge in [-0.15, -0.1) is 0 Å². The van der Waals surface area contributed by atoms with E-state index in [1.807, 2.05) is 13.1 Å². The van der Waals surface area contributed by atoms with Gasteiger partial charge in [-0.25, -0.2) is 5.06 Å². The minimum absolute atomic E-state index is 0.138. The summed E-state index contributed by atoms with van der Waals surface area (Å²) in [5.41, 5.74) is 1.17. The second-order valence-corrected chi connectivity index (χ2v) is 3.84. The van der Waals surface area contributed by atoms with Crippen LogP contribution in [0.25, 0.3) is 0 Å². The second kappa shape index (κ2) is 3.21. The van der Waals surface area contributed by atoms with Crippen LogP contribution in [0.5, 0.6) is 0 Å². The van der Waals surface area contributed by atoms with Crippen molar-refractivity contribution < 1.29 is 4.84 Å². The van der Waals surface area contributed by atoms with E-state index in [-0.39, 0.29) is 5.41 Å². The normalized spacial score (nSPS) is 22.9. The second-order valence-electron chi connectivity index (χ2n) is 3.84. The fraction of sp³-hybridized carbons (Fsp3) is 0.600. The lowest BCUT2D eigenvalue weighted by atomic mass is 9.84. The quantitative estimate of drug-likeness (QED) is 0.550. The maximum Gasteiger partial charge on any atom is 0.115 e. The van der Waals surface area contributed by atoms with Crippen LogP contribution in [0.15, 0.2) is 24.6 Å². The van der Waals surface area contributed by atoms with E-state index < -0.39 is 0 Å². The molecule has 0 aliphatic carbocycles. The molecule has 0 amide bonds. The van der Waals surface area contributed by atoms with Gasteiger partial charge in [-0.2, -0.15) is 0 Å². The molecule has 0 aromatic carbocycles. The summed E-state index contributed by atoms with van der Waals surface area (Å²) in [5, 5.41) is 1.73. The van der Waals surface area contributed by atoms with Crippen molar-refractivity contribution in [2.75, 3.05) is 7.05 Å². The van der Waals surface area contributed by atoms with Crippen molar-refractivity contribution >= 4 is 0 Å². The first-order chi connectivity index (χ1) is 5.54. The van der Waals surface area contributed by atoms with Crippen molar-refractivity contribution in [1.29, 1.82) is 0 Å². The van der Waals surface area contributed by atoms with Gasteiger partial charge in [0.25, 0.3) is 0 Å². The van der Waals surface area contributed by atoms with E-state index in [1.165, 1.54) is 0 Å². The van der Waals surface area contributed by atoms with E-state index in [1.54, 1.807) is 11.3 Å². The largest absolute Gasteiger partial charge is 0.388 e. The number of hydroxylamine groups is 2. The lowest BCUT2D eigenvalue weighted by molar-refractivity contribution is -0.0657. The Balaban J connectivity index is 2.79. The molecule has 12 heavy (non-hydrogen) atoms. The van der Waals surface area contributed by atoms with Crippen LogP contribution in [0.2, 0.25) is 0 Å². The zero-order valence-corrected chi connectivity index (χ0v) is 8.13. The van der Waals surface area contributed by atoms with E-state index in [2.05, 4.69) is 20.4 Å². The average Bonchev–Trinajstić information content (AvgIpc) is 2.00. The summed E-state index contributed by atoms with van der Waals surface area (Å²) in [6.45, 7) is 8.39. The minimum Gasteiger partial charge on any atom is -0.388 e. The number of hydrogen-bond donors (Lipinski definition) is 0. The van der Waals surface area contributed by atoms with Crippen molar-refractivity contribution in [3.05, 3.63) is 24.6 Å². The van der Waals surface area contributed by atoms with E-state index in [9.17, 15) is 0 Å². The van der Waals surface area contributed by atoms with Crippen molar-refractivity contribution in [2.24, 2.45) is 5.41 Å². The van der Waals surface area contributed by atoms with Gasteiger partial charge in [0.2, 0.25) is 0 Å². The molecule has 2 nitrogen and oxygen atoms in total. The lowest BCUT2D eigenvalue weighted by Gasteiger charge is -2.33. The maximum atomic E-state index is 5.28. The number of rotatable bonds is 0. The molecule has 0 aromatic rings. The molecule has 0 spiro atoms. The number of nitrogens with zero attached hydrogens (tertiary/aromatic N) is 1. The fourth-order valence-corrected chi connectivity index (χ4v) is 1.28. The molecule has 0 radical (unpaired) electrons. The van der Waals surface area contributed by atoms with E-state index in [0.717, 1.165) is 18.5 Å². The van der Waals surface area contributed by atoms with Gasteiger partial charge in [0.15, 0.2) is 0 Å². The van der Waals surface area contributed by atoms with Crippen LogP contribution >= 0.6 is 0 Å². The third kappa shape index (κ3) is 1.81. The summed E-state index contributed by atoms with van der Waals surface area (Å²) in [7, 11) is 1.89. The Kier molecular flexibility index (Phi) is 2.46. The van der Waals surface area contributed by atoms with E-state index in [0.29, 0.717) is 0 Å². The van der Waals surface area contributed by atoms with Gasteiger partial charge in [0, 0.05) is 12.5 Å². The highest BCUT2D eigenvalue weighted by Crippen LogP contribution is 2.33. The third-order valence-electron chi connectivity index (χ3n) is 2.41. The smallest absolute Gasteiger partial charge is 0.115 e. The summed E-state index contributed by atoms with van der Waals surface area (Å²) >= 11 is 0. The highest BCUT2D eigenvalue weighted by molar-refractivity contribution is 5.05. The summed E-state index contributed by atoms with van der Waals surface area (Å²) in [6.07, 6.45) is 5.95. The third-order valence-corrected chi connectivity index (χ3v) is 2.41. The van der Waals surface area contributed by atoms with Gasteiger partial charge in [-0.05, 0) is 18.9 Å². The zero-order valence-electron chi connectivity index (χ0n) is 8.13. The first-order valence-corrected chi connectivity index (χ1v) is 4.29. The predicted octanol–water partition coefficient (Wildman–Crippen LogP) is 2.70. The molecule has 2 heteroatoms. The van der Waals surface area contributed by atoms with Crippen LogP contribution in [0.4, 0.5) is 0 Å². The average molecular weight is 167 g/mol. The Bertz CT molecular complexity index is 206. The Hall–Kier alpha value is -0.920. The monoisotopic (exact) mass is 167 g/mol. The number of allylic oxidation sites excluding steroid dienone is 2. The summed E-state index contributed by atoms with van der Waals surface area (Å²) < 4.78 is 0. The Morgan fingerprint density at radius 3 is 2.92 bits per heavy atom. The minimum atomic E-state index is 0.138. The fourth-order valence-electron chi connectivity index (χ4n) is 1.28. The van der Waals surface area contributed by atoms with Gasteiger partial charge in [-0.1, -0.05) is 20.4 Å². The van der Waals surface area contributed by atoms with Gasteiger partial charge >= 0.3 is 0 Å². The van der Waals surface area contributed by atoms with Gasteiger partial charge in [0.05, 0.1) is 5.70 Å². The van der Waals surface area contributed by atoms with Crippen LogP contribution < -0.4 is 0 Å². The van der Waals surface area contributed by atoms with Crippen molar-refractivity contribution in [2.45, 2.75) is 26.7 Å². The molecule has 0 unspecified atom stereocenters. The van der Waals surface area contributed by atoms with Crippen LogP contribution in [-0.2, 0) is 4.84 Å². The summed E-state index contributed by atoms with van der Waals surface area (Å²) in [4.78, 5) is 5.28. The van der Waals surface area contributed by atoms with Crippen molar-refractivity contribution in [3.63, 3.8) is 0 Å². The summed E-state index contributed by atoms with van der Waals surface area (Å²) in [6, 6.07) is 0. The molecular formula is C10H17NO. The SMILES string of the molecule is C=C1N(C)OC=CCCC1(C)C. The molecule has 1 heterocycles. The predicted molar refractivity (Wildman–Crippen MR) is 50.1 cm³/mol. The molecule has 0 saturated carbocycles. The molecule has 0 N–H and O–H groups in total. The van der Waals surface area contributed by atoms with Gasteiger partial charge in [0.1, 0.15) is 6.26 Å². The van der Waals surface area contributed by atoms with Crippen LogP contribution in [0.1, 0.15) is 26.7 Å². The highest BCUT2D eigenvalue weighted by atomic mass is 16.7. The van der Waals surface area contributed by atoms with Crippen LogP contribution in [0.3, 0.4) is 0 Å². The van der Waals surface area contributed by atoms with Crippen molar-refractivity contribution in [3.8, 4) is 0 Å². The van der Waals surface area contributed by atoms with E-state index >= 15 is 0 Å². The molecular weight excluding hydrogens is 150 g/mol. The molecule has 1 aliphatic rings. The van der Waals surface area contributed by atoms with Gasteiger partial charge in [-0.3, -0.25) is 0 Å². The molecule has 0 aromatic heterocycles. The molecule has 68 valence electrons. The Morgan fingerprint density at radius 2 is 2.25 bits per heavy atom. The maximum absolute atomic E-state index is 5.28. The van der Waals surface area contributed by atoms with Gasteiger partial charge < -0.3 is 4.84 Å². The molecule has 0 bridgehead atoms. The molecule has 0 fully saturated rings. The standard InChI is InChI=1S/C10H17NO/c1-9-10(2,3)7-5-6-8-12-11(9)4/h6,8H,1,5,7H2,2-4H3. The topological polar surface area (TPSA) is 12.5 Å². The number of hydrogen-bond acceptors (Lipinski definition) is 2. The first-order valence-electron chi connectivity index (χ1n) is 4.29. The Morgan fingerprint density at radius 1 is 1.58 bits per heavy atom. The molecule has 0 saturated heterocycles. The zero-order chi connectivity index (χ0) is 9.19. The van der Waals surface area contributed by atoms with Crippen molar-refractivity contribution in [1.82, 2.24) is 5.06 Å². The highest BCUT2D eigenvalue weighted by Gasteiger charge is 2.25. The lowest BCUT2D eigenvalue weighted by Crippen LogP contribution is -2.28. The van der Waals surface area contributed by atoms with Crippen LogP contribution in [-0.4, -0.2) is 12.1 Å². The molecule has 1 aliphatic heterocycles.